The average molecular weight is 295 g/mol. The van der Waals surface area contributed by atoms with Gasteiger partial charge in [0, 0.05) is 18.4 Å². The molecule has 0 bridgehead atoms. The van der Waals surface area contributed by atoms with Crippen molar-refractivity contribution >= 4 is 11.4 Å². The molecule has 1 aliphatic rings. The number of hydrogen-bond acceptors (Lipinski definition) is 2. The third-order valence-electron chi connectivity index (χ3n) is 4.46. The molecule has 0 N–H and O–H groups in total. The summed E-state index contributed by atoms with van der Waals surface area (Å²) in [5, 5.41) is 0. The summed E-state index contributed by atoms with van der Waals surface area (Å²) in [6.07, 6.45) is 6.03. The van der Waals surface area contributed by atoms with E-state index in [1.165, 1.54) is 48.2 Å². The lowest BCUT2D eigenvalue weighted by atomic mass is 10.1. The lowest BCUT2D eigenvalue weighted by Gasteiger charge is -2.21. The van der Waals surface area contributed by atoms with Gasteiger partial charge in [-0.25, -0.2) is 0 Å². The van der Waals surface area contributed by atoms with Gasteiger partial charge in [0.25, 0.3) is 0 Å². The molecule has 2 heteroatoms. The molecule has 0 aliphatic heterocycles. The largest absolute Gasteiger partial charge is 0.494 e. The van der Waals surface area contributed by atoms with Gasteiger partial charge in [0.1, 0.15) is 5.75 Å². The third kappa shape index (κ3) is 3.27. The number of ether oxygens (including phenoxy) is 1. The molecule has 0 spiro atoms. The minimum atomic E-state index is 0.802. The maximum absolute atomic E-state index is 5.73. The van der Waals surface area contributed by atoms with E-state index in [0.29, 0.717) is 0 Å². The van der Waals surface area contributed by atoms with Crippen LogP contribution in [0.3, 0.4) is 0 Å². The summed E-state index contributed by atoms with van der Waals surface area (Å²) in [4.78, 5) is 2.24. The van der Waals surface area contributed by atoms with Crippen LogP contribution in [0.4, 0.5) is 11.4 Å². The highest BCUT2D eigenvalue weighted by molar-refractivity contribution is 5.64. The van der Waals surface area contributed by atoms with Crippen molar-refractivity contribution in [3.05, 3.63) is 53.6 Å². The molecule has 1 aliphatic carbocycles. The monoisotopic (exact) mass is 295 g/mol. The summed E-state index contributed by atoms with van der Waals surface area (Å²) in [6.45, 7) is 2.98. The summed E-state index contributed by atoms with van der Waals surface area (Å²) in [6, 6.07) is 15.3. The second-order valence-corrected chi connectivity index (χ2v) is 6.06. The molecule has 2 aromatic carbocycles. The van der Waals surface area contributed by atoms with E-state index in [2.05, 4.69) is 61.3 Å². The Balaban J connectivity index is 1.70. The predicted molar refractivity (Wildman–Crippen MR) is 93.4 cm³/mol. The molecule has 0 saturated heterocycles. The Morgan fingerprint density at radius 1 is 0.955 bits per heavy atom. The minimum absolute atomic E-state index is 0.802. The quantitative estimate of drug-likeness (QED) is 0.686. The maximum Gasteiger partial charge on any atom is 0.119 e. The van der Waals surface area contributed by atoms with Crippen LogP contribution in [0.25, 0.3) is 0 Å². The van der Waals surface area contributed by atoms with E-state index in [-0.39, 0.29) is 0 Å². The number of anilines is 2. The second-order valence-electron chi connectivity index (χ2n) is 6.06. The fourth-order valence-corrected chi connectivity index (χ4v) is 3.02. The topological polar surface area (TPSA) is 12.5 Å². The van der Waals surface area contributed by atoms with E-state index in [0.717, 1.165) is 18.8 Å². The van der Waals surface area contributed by atoms with E-state index < -0.39 is 0 Å². The third-order valence-corrected chi connectivity index (χ3v) is 4.46. The first kappa shape index (κ1) is 15.0. The van der Waals surface area contributed by atoms with Gasteiger partial charge in [0.05, 0.1) is 6.61 Å². The second kappa shape index (κ2) is 6.87. The number of rotatable bonds is 6. The molecule has 0 amide bonds. The first-order valence-corrected chi connectivity index (χ1v) is 8.36. The van der Waals surface area contributed by atoms with Crippen LogP contribution in [0.1, 0.15) is 37.3 Å². The van der Waals surface area contributed by atoms with Crippen LogP contribution >= 0.6 is 0 Å². The van der Waals surface area contributed by atoms with Crippen molar-refractivity contribution in [2.24, 2.45) is 0 Å². The molecule has 0 atom stereocenters. The summed E-state index contributed by atoms with van der Waals surface area (Å²) in [5.41, 5.74) is 5.50. The van der Waals surface area contributed by atoms with Crippen LogP contribution in [0.2, 0.25) is 0 Å². The van der Waals surface area contributed by atoms with Crippen LogP contribution in [0, 0.1) is 0 Å². The summed E-state index contributed by atoms with van der Waals surface area (Å²) in [5.74, 6) is 0.958. The Kier molecular flexibility index (Phi) is 4.67. The molecular weight excluding hydrogens is 270 g/mol. The lowest BCUT2D eigenvalue weighted by molar-refractivity contribution is 0.309. The molecule has 0 fully saturated rings. The Morgan fingerprint density at radius 2 is 1.68 bits per heavy atom. The van der Waals surface area contributed by atoms with Gasteiger partial charge >= 0.3 is 0 Å². The fraction of sp³-hybridized carbons (Fsp3) is 0.400. The van der Waals surface area contributed by atoms with Crippen molar-refractivity contribution in [1.82, 2.24) is 0 Å². The van der Waals surface area contributed by atoms with Crippen LogP contribution in [0.5, 0.6) is 5.75 Å². The Labute approximate surface area is 133 Å². The molecule has 0 heterocycles. The number of fused-ring (bicyclic) bond motifs is 1. The van der Waals surface area contributed by atoms with Crippen LogP contribution in [0.15, 0.2) is 42.5 Å². The van der Waals surface area contributed by atoms with Gasteiger partial charge in [0.15, 0.2) is 0 Å². The average Bonchev–Trinajstić information content (AvgIpc) is 3.02. The van der Waals surface area contributed by atoms with E-state index in [4.69, 9.17) is 4.74 Å². The number of benzene rings is 2. The predicted octanol–water partition coefficient (Wildman–Crippen LogP) is 5.12. The van der Waals surface area contributed by atoms with Crippen LogP contribution in [-0.4, -0.2) is 13.7 Å². The number of nitrogens with zero attached hydrogens (tertiary/aromatic N) is 1. The molecular formula is C20H25NO. The number of hydrogen-bond donors (Lipinski definition) is 0. The molecule has 22 heavy (non-hydrogen) atoms. The molecule has 0 radical (unpaired) electrons. The van der Waals surface area contributed by atoms with Crippen molar-refractivity contribution in [3.63, 3.8) is 0 Å². The standard InChI is InChI=1S/C20H25NO/c1-3-4-14-22-20-12-10-18(11-13-20)21(2)19-9-8-16-6-5-7-17(16)15-19/h8-13,15H,3-7,14H2,1-2H3. The Morgan fingerprint density at radius 3 is 2.45 bits per heavy atom. The van der Waals surface area contributed by atoms with Gasteiger partial charge in [-0.15, -0.1) is 0 Å². The lowest BCUT2D eigenvalue weighted by Crippen LogP contribution is -2.09. The normalized spacial score (nSPS) is 13.0. The molecule has 116 valence electrons. The highest BCUT2D eigenvalue weighted by Crippen LogP contribution is 2.30. The molecule has 3 rings (SSSR count). The Bertz CT molecular complexity index is 618. The molecule has 2 nitrogen and oxygen atoms in total. The molecule has 0 saturated carbocycles. The zero-order chi connectivity index (χ0) is 15.4. The van der Waals surface area contributed by atoms with Crippen molar-refractivity contribution in [1.29, 1.82) is 0 Å². The van der Waals surface area contributed by atoms with Gasteiger partial charge in [-0.05, 0) is 73.2 Å². The maximum atomic E-state index is 5.73. The SMILES string of the molecule is CCCCOc1ccc(N(C)c2ccc3c(c2)CCC3)cc1. The van der Waals surface area contributed by atoms with E-state index >= 15 is 0 Å². The first-order chi connectivity index (χ1) is 10.8. The van der Waals surface area contributed by atoms with E-state index in [1.807, 2.05) is 0 Å². The van der Waals surface area contributed by atoms with Gasteiger partial charge in [0.2, 0.25) is 0 Å². The zero-order valence-corrected chi connectivity index (χ0v) is 13.6. The first-order valence-electron chi connectivity index (χ1n) is 8.36. The molecule has 2 aromatic rings. The van der Waals surface area contributed by atoms with Crippen molar-refractivity contribution in [3.8, 4) is 5.75 Å². The van der Waals surface area contributed by atoms with Gasteiger partial charge in [-0.2, -0.15) is 0 Å². The van der Waals surface area contributed by atoms with E-state index in [9.17, 15) is 0 Å². The minimum Gasteiger partial charge on any atom is -0.494 e. The fourth-order valence-electron chi connectivity index (χ4n) is 3.02. The highest BCUT2D eigenvalue weighted by atomic mass is 16.5. The van der Waals surface area contributed by atoms with Gasteiger partial charge in [-0.3, -0.25) is 0 Å². The van der Waals surface area contributed by atoms with Crippen molar-refractivity contribution in [2.75, 3.05) is 18.6 Å². The summed E-state index contributed by atoms with van der Waals surface area (Å²) in [7, 11) is 2.13. The number of aryl methyl sites for hydroxylation is 2. The summed E-state index contributed by atoms with van der Waals surface area (Å²) >= 11 is 0. The summed E-state index contributed by atoms with van der Waals surface area (Å²) < 4.78 is 5.73. The van der Waals surface area contributed by atoms with Gasteiger partial charge < -0.3 is 9.64 Å². The Hall–Kier alpha value is -1.96. The van der Waals surface area contributed by atoms with Crippen molar-refractivity contribution in [2.45, 2.75) is 39.0 Å². The van der Waals surface area contributed by atoms with Crippen LogP contribution in [-0.2, 0) is 12.8 Å². The smallest absolute Gasteiger partial charge is 0.119 e. The number of unbranched alkanes of at least 4 members (excludes halogenated alkanes) is 1. The van der Waals surface area contributed by atoms with Crippen LogP contribution < -0.4 is 9.64 Å². The molecule has 0 unspecified atom stereocenters. The van der Waals surface area contributed by atoms with E-state index in [1.54, 1.807) is 0 Å². The van der Waals surface area contributed by atoms with Crippen molar-refractivity contribution < 1.29 is 4.74 Å². The zero-order valence-electron chi connectivity index (χ0n) is 13.6. The highest BCUT2D eigenvalue weighted by Gasteiger charge is 2.13. The van der Waals surface area contributed by atoms with Gasteiger partial charge in [-0.1, -0.05) is 19.4 Å². The molecule has 0 aromatic heterocycles.